The smallest absolute Gasteiger partial charge is 0.271 e. The Morgan fingerprint density at radius 3 is 2.78 bits per heavy atom. The van der Waals surface area contributed by atoms with Crippen molar-refractivity contribution in [2.75, 3.05) is 26.3 Å². The summed E-state index contributed by atoms with van der Waals surface area (Å²) in [6.45, 7) is 3.13. The van der Waals surface area contributed by atoms with Crippen molar-refractivity contribution in [3.63, 3.8) is 0 Å². The average Bonchev–Trinajstić information content (AvgIpc) is 2.92. The molecule has 7 nitrogen and oxygen atoms in total. The molecule has 0 spiro atoms. The number of hydrogen-bond acceptors (Lipinski definition) is 5. The van der Waals surface area contributed by atoms with Gasteiger partial charge in [0.15, 0.2) is 0 Å². The van der Waals surface area contributed by atoms with E-state index in [1.807, 2.05) is 7.05 Å². The molecule has 1 saturated heterocycles. The van der Waals surface area contributed by atoms with Gasteiger partial charge in [0.1, 0.15) is 5.69 Å². The van der Waals surface area contributed by atoms with Gasteiger partial charge in [-0.2, -0.15) is 0 Å². The Morgan fingerprint density at radius 1 is 1.35 bits per heavy atom. The highest BCUT2D eigenvalue weighted by molar-refractivity contribution is 5.92. The molecule has 2 aliphatic rings. The maximum atomic E-state index is 12.3. The third-order valence-corrected chi connectivity index (χ3v) is 4.84. The van der Waals surface area contributed by atoms with Gasteiger partial charge in [-0.3, -0.25) is 9.69 Å². The summed E-state index contributed by atoms with van der Waals surface area (Å²) in [6.07, 6.45) is 6.62. The summed E-state index contributed by atoms with van der Waals surface area (Å²) >= 11 is 0. The Hall–Kier alpha value is -1.44. The molecule has 2 N–H and O–H groups in total. The second-order valence-electron chi connectivity index (χ2n) is 6.50. The van der Waals surface area contributed by atoms with E-state index in [9.17, 15) is 9.90 Å². The number of carbonyl (C=O) groups excluding carboxylic acids is 1. The van der Waals surface area contributed by atoms with Gasteiger partial charge in [-0.05, 0) is 12.8 Å². The number of carbonyl (C=O) groups is 1. The summed E-state index contributed by atoms with van der Waals surface area (Å²) in [6, 6.07) is -0.129. The van der Waals surface area contributed by atoms with Gasteiger partial charge >= 0.3 is 0 Å². The lowest BCUT2D eigenvalue weighted by atomic mass is 9.99. The fourth-order valence-corrected chi connectivity index (χ4v) is 3.57. The van der Waals surface area contributed by atoms with Crippen molar-refractivity contribution in [2.24, 2.45) is 7.05 Å². The molecule has 3 atom stereocenters. The molecule has 0 unspecified atom stereocenters. The summed E-state index contributed by atoms with van der Waals surface area (Å²) in [5.74, 6) is -0.211. The van der Waals surface area contributed by atoms with Crippen molar-refractivity contribution in [3.05, 3.63) is 18.2 Å². The molecule has 2 fully saturated rings. The minimum Gasteiger partial charge on any atom is -0.389 e. The lowest BCUT2D eigenvalue weighted by Gasteiger charge is -2.38. The van der Waals surface area contributed by atoms with Crippen molar-refractivity contribution in [2.45, 2.75) is 43.9 Å². The van der Waals surface area contributed by atoms with E-state index in [2.05, 4.69) is 15.2 Å². The molecule has 128 valence electrons. The van der Waals surface area contributed by atoms with Crippen LogP contribution in [0, 0.1) is 0 Å². The molecule has 1 aliphatic carbocycles. The SMILES string of the molecule is Cn1cnc(C(=O)N[C@@H]2CCCC[C@@H](N3CCOCC3)[C@@H]2O)c1. The van der Waals surface area contributed by atoms with Crippen LogP contribution in [0.2, 0.25) is 0 Å². The second-order valence-corrected chi connectivity index (χ2v) is 6.50. The first-order valence-corrected chi connectivity index (χ1v) is 8.44. The van der Waals surface area contributed by atoms with Crippen molar-refractivity contribution in [1.82, 2.24) is 19.8 Å². The molecule has 23 heavy (non-hydrogen) atoms. The van der Waals surface area contributed by atoms with Crippen LogP contribution in [0.25, 0.3) is 0 Å². The second kappa shape index (κ2) is 7.42. The highest BCUT2D eigenvalue weighted by atomic mass is 16.5. The molecular formula is C16H26N4O3. The predicted molar refractivity (Wildman–Crippen MR) is 85.1 cm³/mol. The first-order valence-electron chi connectivity index (χ1n) is 8.44. The van der Waals surface area contributed by atoms with E-state index in [1.54, 1.807) is 17.1 Å². The van der Waals surface area contributed by atoms with Crippen LogP contribution in [0.5, 0.6) is 0 Å². The van der Waals surface area contributed by atoms with Crippen LogP contribution in [0.15, 0.2) is 12.5 Å². The number of ether oxygens (including phenoxy) is 1. The zero-order chi connectivity index (χ0) is 16.2. The zero-order valence-electron chi connectivity index (χ0n) is 13.6. The number of nitrogens with zero attached hydrogens (tertiary/aromatic N) is 3. The Balaban J connectivity index is 1.66. The van der Waals surface area contributed by atoms with Gasteiger partial charge < -0.3 is 19.7 Å². The third-order valence-electron chi connectivity index (χ3n) is 4.84. The molecule has 2 heterocycles. The number of amides is 1. The Kier molecular flexibility index (Phi) is 5.30. The maximum absolute atomic E-state index is 12.3. The number of aromatic nitrogens is 2. The van der Waals surface area contributed by atoms with Gasteiger partial charge in [0.05, 0.1) is 31.7 Å². The fraction of sp³-hybridized carbons (Fsp3) is 0.750. The van der Waals surface area contributed by atoms with Gasteiger partial charge in [-0.25, -0.2) is 4.98 Å². The quantitative estimate of drug-likeness (QED) is 0.775. The first-order chi connectivity index (χ1) is 11.1. The minimum absolute atomic E-state index is 0.0930. The largest absolute Gasteiger partial charge is 0.389 e. The molecular weight excluding hydrogens is 296 g/mol. The van der Waals surface area contributed by atoms with Crippen molar-refractivity contribution >= 4 is 5.91 Å². The summed E-state index contributed by atoms with van der Waals surface area (Å²) in [5, 5.41) is 13.8. The molecule has 1 aromatic heterocycles. The number of hydrogen-bond donors (Lipinski definition) is 2. The van der Waals surface area contributed by atoms with Crippen LogP contribution in [-0.2, 0) is 11.8 Å². The standard InChI is InChI=1S/C16H26N4O3/c1-19-10-13(17-11-19)16(22)18-12-4-2-3-5-14(15(12)21)20-6-8-23-9-7-20/h10-12,14-15,21H,2-9H2,1H3,(H,18,22)/t12-,14-,15-/m1/s1. The fourth-order valence-electron chi connectivity index (χ4n) is 3.57. The van der Waals surface area contributed by atoms with Crippen molar-refractivity contribution in [3.8, 4) is 0 Å². The summed E-state index contributed by atoms with van der Waals surface area (Å²) < 4.78 is 7.15. The topological polar surface area (TPSA) is 79.6 Å². The highest BCUT2D eigenvalue weighted by Crippen LogP contribution is 2.24. The number of nitrogens with one attached hydrogen (secondary N) is 1. The van der Waals surface area contributed by atoms with Crippen molar-refractivity contribution < 1.29 is 14.6 Å². The van der Waals surface area contributed by atoms with Gasteiger partial charge in [-0.15, -0.1) is 0 Å². The van der Waals surface area contributed by atoms with Gasteiger partial charge in [0, 0.05) is 32.4 Å². The maximum Gasteiger partial charge on any atom is 0.271 e. The molecule has 0 aromatic carbocycles. The number of imidazole rings is 1. The van der Waals surface area contributed by atoms with Crippen LogP contribution in [0.3, 0.4) is 0 Å². The molecule has 3 rings (SSSR count). The van der Waals surface area contributed by atoms with E-state index in [0.717, 1.165) is 38.8 Å². The van der Waals surface area contributed by atoms with Crippen LogP contribution in [0.1, 0.15) is 36.2 Å². The molecule has 1 saturated carbocycles. The van der Waals surface area contributed by atoms with E-state index in [1.165, 1.54) is 0 Å². The molecule has 1 aliphatic heterocycles. The van der Waals surface area contributed by atoms with Gasteiger partial charge in [0.25, 0.3) is 5.91 Å². The lowest BCUT2D eigenvalue weighted by Crippen LogP contribution is -2.55. The summed E-state index contributed by atoms with van der Waals surface area (Å²) in [7, 11) is 1.83. The van der Waals surface area contributed by atoms with E-state index in [4.69, 9.17) is 4.74 Å². The molecule has 7 heteroatoms. The van der Waals surface area contributed by atoms with E-state index in [0.29, 0.717) is 18.9 Å². The summed E-state index contributed by atoms with van der Waals surface area (Å²) in [4.78, 5) is 18.7. The number of morpholine rings is 1. The number of rotatable bonds is 3. The normalized spacial score (nSPS) is 29.9. The lowest BCUT2D eigenvalue weighted by molar-refractivity contribution is -0.0308. The van der Waals surface area contributed by atoms with E-state index < -0.39 is 6.10 Å². The molecule has 1 amide bonds. The van der Waals surface area contributed by atoms with Crippen LogP contribution < -0.4 is 5.32 Å². The highest BCUT2D eigenvalue weighted by Gasteiger charge is 2.35. The monoisotopic (exact) mass is 322 g/mol. The number of aliphatic hydroxyl groups excluding tert-OH is 1. The third kappa shape index (κ3) is 3.91. The average molecular weight is 322 g/mol. The van der Waals surface area contributed by atoms with Crippen LogP contribution in [-0.4, -0.2) is 70.0 Å². The predicted octanol–water partition coefficient (Wildman–Crippen LogP) is 0.154. The Labute approximate surface area is 136 Å². The van der Waals surface area contributed by atoms with Gasteiger partial charge in [-0.1, -0.05) is 12.8 Å². The molecule has 0 bridgehead atoms. The van der Waals surface area contributed by atoms with Crippen LogP contribution in [0.4, 0.5) is 0 Å². The Morgan fingerprint density at radius 2 is 2.09 bits per heavy atom. The van der Waals surface area contributed by atoms with E-state index in [-0.39, 0.29) is 18.0 Å². The number of aryl methyl sites for hydroxylation is 1. The van der Waals surface area contributed by atoms with E-state index >= 15 is 0 Å². The molecule has 1 aromatic rings. The van der Waals surface area contributed by atoms with Crippen molar-refractivity contribution in [1.29, 1.82) is 0 Å². The van der Waals surface area contributed by atoms with Crippen LogP contribution >= 0.6 is 0 Å². The minimum atomic E-state index is -0.553. The number of aliphatic hydroxyl groups is 1. The molecule has 0 radical (unpaired) electrons. The summed E-state index contributed by atoms with van der Waals surface area (Å²) in [5.41, 5.74) is 0.395. The van der Waals surface area contributed by atoms with Gasteiger partial charge in [0.2, 0.25) is 0 Å². The first kappa shape index (κ1) is 16.4. The zero-order valence-corrected chi connectivity index (χ0v) is 13.6. The Bertz CT molecular complexity index is 527.